The Balaban J connectivity index is 1.27. The molecular weight excluding hydrogens is 581 g/mol. The van der Waals surface area contributed by atoms with Crippen molar-refractivity contribution in [3.8, 4) is 33.6 Å². The summed E-state index contributed by atoms with van der Waals surface area (Å²) in [5.41, 5.74) is 12.0. The van der Waals surface area contributed by atoms with Gasteiger partial charge in [0.15, 0.2) is 0 Å². The zero-order chi connectivity index (χ0) is 31.6. The molecule has 0 saturated heterocycles. The van der Waals surface area contributed by atoms with E-state index in [-0.39, 0.29) is 0 Å². The standard InChI is InChI=1S/C46H30N2/c1-3-12-31(13-4-1)34-24-27-40-42-29-41-39-19-9-10-21-43(39)47(35-16-5-2-6-17-35)45(41)30-46(42)48(44(40)28-34)36-25-22-33(23-26-36)38-20-11-15-32-14-7-8-18-37(32)38/h1-30H. The maximum Gasteiger partial charge on any atom is 0.0562 e. The summed E-state index contributed by atoms with van der Waals surface area (Å²) in [4.78, 5) is 0. The summed E-state index contributed by atoms with van der Waals surface area (Å²) in [5, 5.41) is 7.56. The molecule has 2 aromatic heterocycles. The Morgan fingerprint density at radius 2 is 0.833 bits per heavy atom. The molecule has 0 aliphatic rings. The van der Waals surface area contributed by atoms with Gasteiger partial charge in [0.2, 0.25) is 0 Å². The topological polar surface area (TPSA) is 9.86 Å². The second-order valence-corrected chi connectivity index (χ2v) is 12.6. The summed E-state index contributed by atoms with van der Waals surface area (Å²) < 4.78 is 4.86. The van der Waals surface area contributed by atoms with Crippen LogP contribution in [0, 0.1) is 0 Å². The number of para-hydroxylation sites is 2. The van der Waals surface area contributed by atoms with Gasteiger partial charge in [-0.1, -0.05) is 133 Å². The number of nitrogens with zero attached hydrogens (tertiary/aromatic N) is 2. The van der Waals surface area contributed by atoms with Crippen LogP contribution in [0.3, 0.4) is 0 Å². The summed E-state index contributed by atoms with van der Waals surface area (Å²) in [6.07, 6.45) is 0. The summed E-state index contributed by atoms with van der Waals surface area (Å²) >= 11 is 0. The number of hydrogen-bond acceptors (Lipinski definition) is 0. The molecule has 0 fully saturated rings. The van der Waals surface area contributed by atoms with Gasteiger partial charge in [-0.25, -0.2) is 0 Å². The summed E-state index contributed by atoms with van der Waals surface area (Å²) in [6, 6.07) is 66.2. The van der Waals surface area contributed by atoms with Crippen LogP contribution >= 0.6 is 0 Å². The van der Waals surface area contributed by atoms with Crippen LogP contribution in [0.25, 0.3) is 88.0 Å². The van der Waals surface area contributed by atoms with Crippen LogP contribution in [0.4, 0.5) is 0 Å². The highest BCUT2D eigenvalue weighted by atomic mass is 15.0. The average molecular weight is 611 g/mol. The Hall–Kier alpha value is -6.38. The molecule has 48 heavy (non-hydrogen) atoms. The molecule has 0 radical (unpaired) electrons. The van der Waals surface area contributed by atoms with Crippen molar-refractivity contribution in [1.82, 2.24) is 9.13 Å². The van der Waals surface area contributed by atoms with Crippen LogP contribution in [0.1, 0.15) is 0 Å². The molecule has 2 nitrogen and oxygen atoms in total. The van der Waals surface area contributed by atoms with E-state index in [1.54, 1.807) is 0 Å². The first-order valence-corrected chi connectivity index (χ1v) is 16.5. The highest BCUT2D eigenvalue weighted by Gasteiger charge is 2.19. The summed E-state index contributed by atoms with van der Waals surface area (Å²) in [5.74, 6) is 0. The van der Waals surface area contributed by atoms with Gasteiger partial charge in [-0.15, -0.1) is 0 Å². The predicted molar refractivity (Wildman–Crippen MR) is 203 cm³/mol. The van der Waals surface area contributed by atoms with Crippen LogP contribution in [0.15, 0.2) is 182 Å². The molecule has 0 saturated carbocycles. The first-order valence-electron chi connectivity index (χ1n) is 16.5. The van der Waals surface area contributed by atoms with E-state index in [9.17, 15) is 0 Å². The molecule has 0 spiro atoms. The summed E-state index contributed by atoms with van der Waals surface area (Å²) in [6.45, 7) is 0. The molecule has 8 aromatic carbocycles. The van der Waals surface area contributed by atoms with Crippen LogP contribution in [0.2, 0.25) is 0 Å². The lowest BCUT2D eigenvalue weighted by molar-refractivity contribution is 1.16. The smallest absolute Gasteiger partial charge is 0.0562 e. The molecule has 0 N–H and O–H groups in total. The Bertz CT molecular complexity index is 2800. The molecule has 2 heterocycles. The minimum atomic E-state index is 1.14. The van der Waals surface area contributed by atoms with Gasteiger partial charge in [0, 0.05) is 32.9 Å². The Kier molecular flexibility index (Phi) is 5.91. The van der Waals surface area contributed by atoms with Crippen molar-refractivity contribution in [2.75, 3.05) is 0 Å². The fraction of sp³-hybridized carbons (Fsp3) is 0. The van der Waals surface area contributed by atoms with Gasteiger partial charge in [0.1, 0.15) is 0 Å². The monoisotopic (exact) mass is 610 g/mol. The van der Waals surface area contributed by atoms with Gasteiger partial charge in [0.25, 0.3) is 0 Å². The Morgan fingerprint density at radius 3 is 1.62 bits per heavy atom. The lowest BCUT2D eigenvalue weighted by atomic mass is 9.98. The molecule has 0 atom stereocenters. The van der Waals surface area contributed by atoms with E-state index in [0.717, 1.165) is 11.4 Å². The molecule has 10 aromatic rings. The molecule has 2 heteroatoms. The van der Waals surface area contributed by atoms with Gasteiger partial charge in [-0.2, -0.15) is 0 Å². The van der Waals surface area contributed by atoms with E-state index in [2.05, 4.69) is 191 Å². The van der Waals surface area contributed by atoms with Gasteiger partial charge < -0.3 is 9.13 Å². The van der Waals surface area contributed by atoms with Crippen LogP contribution in [-0.4, -0.2) is 9.13 Å². The fourth-order valence-corrected chi connectivity index (χ4v) is 7.69. The molecule has 0 aliphatic heterocycles. The van der Waals surface area contributed by atoms with Crippen molar-refractivity contribution in [1.29, 1.82) is 0 Å². The Morgan fingerprint density at radius 1 is 0.271 bits per heavy atom. The average Bonchev–Trinajstić information content (AvgIpc) is 3.66. The molecule has 0 unspecified atom stereocenters. The van der Waals surface area contributed by atoms with E-state index >= 15 is 0 Å². The fourth-order valence-electron chi connectivity index (χ4n) is 7.69. The van der Waals surface area contributed by atoms with Crippen LogP contribution in [-0.2, 0) is 0 Å². The zero-order valence-corrected chi connectivity index (χ0v) is 26.2. The number of hydrogen-bond donors (Lipinski definition) is 0. The van der Waals surface area contributed by atoms with Gasteiger partial charge in [-0.3, -0.25) is 0 Å². The van der Waals surface area contributed by atoms with Gasteiger partial charge >= 0.3 is 0 Å². The normalized spacial score (nSPS) is 11.8. The lowest BCUT2D eigenvalue weighted by Gasteiger charge is -2.12. The van der Waals surface area contributed by atoms with E-state index < -0.39 is 0 Å². The maximum absolute atomic E-state index is 2.45. The third kappa shape index (κ3) is 4.06. The molecule has 10 rings (SSSR count). The van der Waals surface area contributed by atoms with Crippen molar-refractivity contribution in [2.24, 2.45) is 0 Å². The van der Waals surface area contributed by atoms with Crippen molar-refractivity contribution in [2.45, 2.75) is 0 Å². The second-order valence-electron chi connectivity index (χ2n) is 12.6. The predicted octanol–water partition coefficient (Wildman–Crippen LogP) is 12.4. The first kappa shape index (κ1) is 26.8. The molecule has 224 valence electrons. The van der Waals surface area contributed by atoms with Gasteiger partial charge in [-0.05, 0) is 81.6 Å². The Labute approximate surface area is 278 Å². The molecule has 0 bridgehead atoms. The SMILES string of the molecule is c1ccc(-c2ccc3c4cc5c6ccccc6n(-c6ccccc6)c5cc4n(-c4ccc(-c5cccc6ccccc56)cc4)c3c2)cc1. The van der Waals surface area contributed by atoms with Crippen molar-refractivity contribution in [3.05, 3.63) is 182 Å². The molecule has 0 amide bonds. The van der Waals surface area contributed by atoms with Crippen molar-refractivity contribution < 1.29 is 0 Å². The van der Waals surface area contributed by atoms with Gasteiger partial charge in [0.05, 0.1) is 22.1 Å². The highest BCUT2D eigenvalue weighted by Crippen LogP contribution is 2.41. The van der Waals surface area contributed by atoms with Crippen LogP contribution in [0.5, 0.6) is 0 Å². The highest BCUT2D eigenvalue weighted by molar-refractivity contribution is 6.19. The largest absolute Gasteiger partial charge is 0.309 e. The van der Waals surface area contributed by atoms with Crippen molar-refractivity contribution >= 4 is 54.4 Å². The number of fused-ring (bicyclic) bond motifs is 7. The van der Waals surface area contributed by atoms with E-state index in [1.165, 1.54) is 76.6 Å². The minimum absolute atomic E-state index is 1.14. The number of aromatic nitrogens is 2. The van der Waals surface area contributed by atoms with E-state index in [0.29, 0.717) is 0 Å². The number of benzene rings is 8. The molecule has 0 aliphatic carbocycles. The maximum atomic E-state index is 2.45. The number of rotatable bonds is 4. The minimum Gasteiger partial charge on any atom is -0.309 e. The van der Waals surface area contributed by atoms with Crippen molar-refractivity contribution in [3.63, 3.8) is 0 Å². The van der Waals surface area contributed by atoms with E-state index in [1.807, 2.05) is 0 Å². The first-order chi connectivity index (χ1) is 23.8. The zero-order valence-electron chi connectivity index (χ0n) is 26.2. The van der Waals surface area contributed by atoms with E-state index in [4.69, 9.17) is 0 Å². The second kappa shape index (κ2) is 10.6. The summed E-state index contributed by atoms with van der Waals surface area (Å²) in [7, 11) is 0. The quantitative estimate of drug-likeness (QED) is 0.188. The van der Waals surface area contributed by atoms with Crippen LogP contribution < -0.4 is 0 Å². The molecular formula is C46H30N2. The lowest BCUT2D eigenvalue weighted by Crippen LogP contribution is -1.96. The third-order valence-electron chi connectivity index (χ3n) is 9.91. The third-order valence-corrected chi connectivity index (χ3v) is 9.91.